The van der Waals surface area contributed by atoms with E-state index in [2.05, 4.69) is 18.4 Å². The summed E-state index contributed by atoms with van der Waals surface area (Å²) in [7, 11) is 0. The summed E-state index contributed by atoms with van der Waals surface area (Å²) in [6.07, 6.45) is 2.73. The zero-order chi connectivity index (χ0) is 9.97. The Morgan fingerprint density at radius 1 is 1.64 bits per heavy atom. The summed E-state index contributed by atoms with van der Waals surface area (Å²) >= 11 is 1.72. The molecule has 1 aliphatic heterocycles. The standard InChI is InChI=1S/C11H14O2S/c1-2-4-9-8(7-11(12)13-9)10-5-3-6-14-10/h3,5-6,8-9H,2,4,7H2,1H3. The highest BCUT2D eigenvalue weighted by Gasteiger charge is 2.35. The lowest BCUT2D eigenvalue weighted by Gasteiger charge is -2.14. The first-order valence-corrected chi connectivity index (χ1v) is 5.92. The van der Waals surface area contributed by atoms with Gasteiger partial charge in [0.25, 0.3) is 0 Å². The third kappa shape index (κ3) is 1.82. The molecular formula is C11H14O2S. The van der Waals surface area contributed by atoms with Crippen LogP contribution < -0.4 is 0 Å². The van der Waals surface area contributed by atoms with Crippen molar-refractivity contribution in [1.82, 2.24) is 0 Å². The predicted octanol–water partition coefficient (Wildman–Crippen LogP) is 2.95. The van der Waals surface area contributed by atoms with Gasteiger partial charge in [0.05, 0.1) is 6.42 Å². The summed E-state index contributed by atoms with van der Waals surface area (Å²) in [6.45, 7) is 2.12. The van der Waals surface area contributed by atoms with Gasteiger partial charge in [-0.05, 0) is 17.9 Å². The SMILES string of the molecule is CCCC1OC(=O)CC1c1cccs1. The molecule has 2 unspecified atom stereocenters. The maximum absolute atomic E-state index is 11.2. The molecule has 1 aromatic rings. The number of hydrogen-bond acceptors (Lipinski definition) is 3. The van der Waals surface area contributed by atoms with Crippen molar-refractivity contribution in [2.75, 3.05) is 0 Å². The highest BCUT2D eigenvalue weighted by molar-refractivity contribution is 7.10. The molecule has 1 saturated heterocycles. The molecule has 1 aromatic heterocycles. The largest absolute Gasteiger partial charge is 0.462 e. The Hall–Kier alpha value is -0.830. The van der Waals surface area contributed by atoms with Gasteiger partial charge in [0.2, 0.25) is 0 Å². The van der Waals surface area contributed by atoms with Crippen LogP contribution in [0.4, 0.5) is 0 Å². The fourth-order valence-corrected chi connectivity index (χ4v) is 2.82. The molecule has 2 atom stereocenters. The van der Waals surface area contributed by atoms with E-state index in [9.17, 15) is 4.79 Å². The highest BCUT2D eigenvalue weighted by Crippen LogP contribution is 2.36. The van der Waals surface area contributed by atoms with Crippen molar-refractivity contribution in [3.8, 4) is 0 Å². The van der Waals surface area contributed by atoms with Crippen LogP contribution in [0.25, 0.3) is 0 Å². The van der Waals surface area contributed by atoms with Gasteiger partial charge >= 0.3 is 5.97 Å². The van der Waals surface area contributed by atoms with E-state index in [1.807, 2.05) is 6.07 Å². The van der Waals surface area contributed by atoms with E-state index >= 15 is 0 Å². The molecule has 2 heterocycles. The van der Waals surface area contributed by atoms with Gasteiger partial charge in [0, 0.05) is 10.8 Å². The molecule has 2 rings (SSSR count). The van der Waals surface area contributed by atoms with Crippen molar-refractivity contribution in [2.45, 2.75) is 38.2 Å². The van der Waals surface area contributed by atoms with E-state index in [4.69, 9.17) is 4.74 Å². The number of rotatable bonds is 3. The fourth-order valence-electron chi connectivity index (χ4n) is 1.94. The number of ether oxygens (including phenoxy) is 1. The number of carbonyl (C=O) groups excluding carboxylic acids is 1. The maximum atomic E-state index is 11.2. The van der Waals surface area contributed by atoms with Crippen LogP contribution in [0.3, 0.4) is 0 Å². The van der Waals surface area contributed by atoms with Gasteiger partial charge in [-0.25, -0.2) is 0 Å². The minimum Gasteiger partial charge on any atom is -0.462 e. The van der Waals surface area contributed by atoms with Crippen molar-refractivity contribution in [1.29, 1.82) is 0 Å². The van der Waals surface area contributed by atoms with Crippen LogP contribution in [-0.4, -0.2) is 12.1 Å². The Balaban J connectivity index is 2.13. The van der Waals surface area contributed by atoms with E-state index in [0.717, 1.165) is 12.8 Å². The van der Waals surface area contributed by atoms with Crippen LogP contribution in [0, 0.1) is 0 Å². The summed E-state index contributed by atoms with van der Waals surface area (Å²) in [4.78, 5) is 12.5. The second-order valence-electron chi connectivity index (χ2n) is 3.64. The van der Waals surface area contributed by atoms with Crippen molar-refractivity contribution < 1.29 is 9.53 Å². The lowest BCUT2D eigenvalue weighted by molar-refractivity contribution is -0.141. The average molecular weight is 210 g/mol. The van der Waals surface area contributed by atoms with Crippen LogP contribution in [-0.2, 0) is 9.53 Å². The molecule has 0 aromatic carbocycles. The lowest BCUT2D eigenvalue weighted by atomic mass is 9.96. The van der Waals surface area contributed by atoms with Crippen LogP contribution in [0.15, 0.2) is 17.5 Å². The number of cyclic esters (lactones) is 1. The molecule has 76 valence electrons. The first-order chi connectivity index (χ1) is 6.81. The molecule has 0 aliphatic carbocycles. The van der Waals surface area contributed by atoms with Gasteiger partial charge < -0.3 is 4.74 Å². The van der Waals surface area contributed by atoms with E-state index in [1.165, 1.54) is 4.88 Å². The number of esters is 1. The second kappa shape index (κ2) is 4.13. The van der Waals surface area contributed by atoms with E-state index in [-0.39, 0.29) is 12.1 Å². The quantitative estimate of drug-likeness (QED) is 0.717. The van der Waals surface area contributed by atoms with Crippen LogP contribution in [0.1, 0.15) is 37.0 Å². The number of thiophene rings is 1. The topological polar surface area (TPSA) is 26.3 Å². The van der Waals surface area contributed by atoms with Crippen LogP contribution in [0.5, 0.6) is 0 Å². The minimum absolute atomic E-state index is 0.0400. The van der Waals surface area contributed by atoms with Gasteiger partial charge in [-0.15, -0.1) is 11.3 Å². The van der Waals surface area contributed by atoms with Crippen molar-refractivity contribution in [3.05, 3.63) is 22.4 Å². The Labute approximate surface area is 87.9 Å². The number of carbonyl (C=O) groups is 1. The predicted molar refractivity (Wildman–Crippen MR) is 56.5 cm³/mol. The van der Waals surface area contributed by atoms with Crippen molar-refractivity contribution in [2.24, 2.45) is 0 Å². The summed E-state index contributed by atoms with van der Waals surface area (Å²) in [5, 5.41) is 2.06. The van der Waals surface area contributed by atoms with Gasteiger partial charge in [-0.3, -0.25) is 4.79 Å². The Morgan fingerprint density at radius 2 is 2.50 bits per heavy atom. The normalized spacial score (nSPS) is 26.5. The Bertz CT molecular complexity index is 305. The summed E-state index contributed by atoms with van der Waals surface area (Å²) in [6, 6.07) is 4.13. The number of hydrogen-bond donors (Lipinski definition) is 0. The average Bonchev–Trinajstić information content (AvgIpc) is 2.74. The summed E-state index contributed by atoms with van der Waals surface area (Å²) in [5.41, 5.74) is 0. The van der Waals surface area contributed by atoms with Gasteiger partial charge in [-0.1, -0.05) is 19.4 Å². The van der Waals surface area contributed by atoms with Gasteiger partial charge in [0.15, 0.2) is 0 Å². The smallest absolute Gasteiger partial charge is 0.306 e. The minimum atomic E-state index is -0.0400. The Kier molecular flexibility index (Phi) is 2.87. The maximum Gasteiger partial charge on any atom is 0.306 e. The van der Waals surface area contributed by atoms with E-state index in [0.29, 0.717) is 12.3 Å². The molecule has 1 fully saturated rings. The highest BCUT2D eigenvalue weighted by atomic mass is 32.1. The zero-order valence-electron chi connectivity index (χ0n) is 8.23. The molecule has 14 heavy (non-hydrogen) atoms. The van der Waals surface area contributed by atoms with Crippen LogP contribution >= 0.6 is 11.3 Å². The summed E-state index contributed by atoms with van der Waals surface area (Å²) in [5.74, 6) is 0.268. The van der Waals surface area contributed by atoms with E-state index in [1.54, 1.807) is 11.3 Å². The van der Waals surface area contributed by atoms with Gasteiger partial charge in [-0.2, -0.15) is 0 Å². The summed E-state index contributed by atoms with van der Waals surface area (Å²) < 4.78 is 5.31. The molecular weight excluding hydrogens is 196 g/mol. The molecule has 1 aliphatic rings. The molecule has 0 bridgehead atoms. The van der Waals surface area contributed by atoms with Crippen molar-refractivity contribution in [3.63, 3.8) is 0 Å². The fraction of sp³-hybridized carbons (Fsp3) is 0.545. The van der Waals surface area contributed by atoms with Crippen LogP contribution in [0.2, 0.25) is 0 Å². The third-order valence-electron chi connectivity index (χ3n) is 2.60. The second-order valence-corrected chi connectivity index (χ2v) is 4.62. The molecule has 0 N–H and O–H groups in total. The monoisotopic (exact) mass is 210 g/mol. The third-order valence-corrected chi connectivity index (χ3v) is 3.60. The molecule has 0 saturated carbocycles. The molecule has 2 nitrogen and oxygen atoms in total. The van der Waals surface area contributed by atoms with Crippen molar-refractivity contribution >= 4 is 17.3 Å². The first-order valence-electron chi connectivity index (χ1n) is 5.04. The van der Waals surface area contributed by atoms with E-state index < -0.39 is 0 Å². The molecule has 3 heteroatoms. The zero-order valence-corrected chi connectivity index (χ0v) is 9.05. The Morgan fingerprint density at radius 3 is 3.14 bits per heavy atom. The lowest BCUT2D eigenvalue weighted by Crippen LogP contribution is -2.13. The molecule has 0 amide bonds. The first kappa shape index (κ1) is 9.71. The molecule has 0 spiro atoms. The van der Waals surface area contributed by atoms with Gasteiger partial charge in [0.1, 0.15) is 6.10 Å². The molecule has 0 radical (unpaired) electrons.